The number of nitrogens with zero attached hydrogens (tertiary/aromatic N) is 1. The van der Waals surface area contributed by atoms with Crippen molar-refractivity contribution in [3.8, 4) is 0 Å². The summed E-state index contributed by atoms with van der Waals surface area (Å²) in [7, 11) is 0. The number of hydrazine groups is 6. The van der Waals surface area contributed by atoms with Gasteiger partial charge >= 0.3 is 0 Å². The minimum Gasteiger partial charge on any atom is -0.164 e. The molecule has 6 heteroatoms. The summed E-state index contributed by atoms with van der Waals surface area (Å²) in [5.41, 5.74) is 14.1. The van der Waals surface area contributed by atoms with Gasteiger partial charge in [-0.25, -0.2) is 0 Å². The standard InChI is InChI=1S/C6H15N6/c1-2-4-6(5-3-1)12-10-8-7-9-11-12/h7-11H,1-5H2. The van der Waals surface area contributed by atoms with Crippen molar-refractivity contribution in [2.24, 2.45) is 0 Å². The molecule has 69 valence electrons. The molecule has 12 heavy (non-hydrogen) atoms. The molecule has 0 aromatic rings. The number of hydrogen-bond donors (Lipinski definition) is 5. The van der Waals surface area contributed by atoms with Crippen LogP contribution in [0, 0.1) is 6.04 Å². The predicted molar refractivity (Wildman–Crippen MR) is 43.8 cm³/mol. The Hall–Kier alpha value is -0.240. The summed E-state index contributed by atoms with van der Waals surface area (Å²) in [5, 5.41) is 1.88. The highest BCUT2D eigenvalue weighted by atomic mass is 16.1. The maximum Gasteiger partial charge on any atom is 0.0750 e. The molecule has 1 saturated carbocycles. The van der Waals surface area contributed by atoms with Gasteiger partial charge in [0.05, 0.1) is 6.04 Å². The summed E-state index contributed by atoms with van der Waals surface area (Å²) in [5.74, 6) is 0. The fourth-order valence-electron chi connectivity index (χ4n) is 1.57. The van der Waals surface area contributed by atoms with Gasteiger partial charge in [-0.15, -0.1) is 5.12 Å². The lowest BCUT2D eigenvalue weighted by molar-refractivity contribution is -0.0202. The van der Waals surface area contributed by atoms with E-state index in [9.17, 15) is 0 Å². The van der Waals surface area contributed by atoms with Gasteiger partial charge < -0.3 is 0 Å². The molecule has 1 aliphatic heterocycles. The highest BCUT2D eigenvalue weighted by Crippen LogP contribution is 2.26. The second-order valence-corrected chi connectivity index (χ2v) is 3.06. The minimum absolute atomic E-state index is 1.17. The van der Waals surface area contributed by atoms with Crippen molar-refractivity contribution in [2.75, 3.05) is 0 Å². The summed E-state index contributed by atoms with van der Waals surface area (Å²) < 4.78 is 0. The first-order chi connectivity index (χ1) is 5.97. The van der Waals surface area contributed by atoms with Gasteiger partial charge in [-0.05, 0) is 12.8 Å². The van der Waals surface area contributed by atoms with Crippen molar-refractivity contribution in [1.82, 2.24) is 32.8 Å². The monoisotopic (exact) mass is 171 g/mol. The predicted octanol–water partition coefficient (Wildman–Crippen LogP) is -0.764. The fraction of sp³-hybridized carbons (Fsp3) is 0.833. The minimum atomic E-state index is 1.17. The van der Waals surface area contributed by atoms with E-state index >= 15 is 0 Å². The molecule has 0 unspecified atom stereocenters. The van der Waals surface area contributed by atoms with E-state index in [1.807, 2.05) is 5.12 Å². The summed E-state index contributed by atoms with van der Waals surface area (Å²) >= 11 is 0. The van der Waals surface area contributed by atoms with Crippen molar-refractivity contribution < 1.29 is 0 Å². The first kappa shape index (κ1) is 8.36. The van der Waals surface area contributed by atoms with Crippen LogP contribution in [0.4, 0.5) is 0 Å². The molecule has 2 rings (SSSR count). The summed E-state index contributed by atoms with van der Waals surface area (Å²) in [6, 6.07) is 1.39. The largest absolute Gasteiger partial charge is 0.164 e. The van der Waals surface area contributed by atoms with Crippen molar-refractivity contribution in [3.63, 3.8) is 0 Å². The average molecular weight is 171 g/mol. The van der Waals surface area contributed by atoms with E-state index in [4.69, 9.17) is 0 Å². The lowest BCUT2D eigenvalue weighted by Crippen LogP contribution is -2.73. The molecule has 2 aliphatic rings. The fourth-order valence-corrected chi connectivity index (χ4v) is 1.57. The molecule has 0 aromatic heterocycles. The topological polar surface area (TPSA) is 63.4 Å². The van der Waals surface area contributed by atoms with E-state index < -0.39 is 0 Å². The van der Waals surface area contributed by atoms with Crippen LogP contribution in [0.3, 0.4) is 0 Å². The van der Waals surface area contributed by atoms with Crippen molar-refractivity contribution in [2.45, 2.75) is 32.1 Å². The Labute approximate surface area is 71.9 Å². The molecule has 1 heterocycles. The van der Waals surface area contributed by atoms with Gasteiger partial charge in [-0.2, -0.15) is 27.7 Å². The van der Waals surface area contributed by atoms with Gasteiger partial charge in [0.15, 0.2) is 0 Å². The zero-order chi connectivity index (χ0) is 8.23. The van der Waals surface area contributed by atoms with Crippen molar-refractivity contribution in [1.29, 1.82) is 0 Å². The Morgan fingerprint density at radius 3 is 2.17 bits per heavy atom. The number of rotatable bonds is 1. The molecule has 6 nitrogen and oxygen atoms in total. The first-order valence-electron chi connectivity index (χ1n) is 4.38. The Morgan fingerprint density at radius 1 is 0.833 bits per heavy atom. The van der Waals surface area contributed by atoms with E-state index in [0.717, 1.165) is 0 Å². The summed E-state index contributed by atoms with van der Waals surface area (Å²) in [6.45, 7) is 0. The van der Waals surface area contributed by atoms with Gasteiger partial charge in [0.1, 0.15) is 0 Å². The van der Waals surface area contributed by atoms with Crippen LogP contribution in [0.1, 0.15) is 32.1 Å². The number of hydrogen-bond acceptors (Lipinski definition) is 6. The molecule has 0 bridgehead atoms. The van der Waals surface area contributed by atoms with Crippen LogP contribution < -0.4 is 27.7 Å². The van der Waals surface area contributed by atoms with Crippen LogP contribution >= 0.6 is 0 Å². The normalized spacial score (nSPS) is 29.0. The quantitative estimate of drug-likeness (QED) is 0.357. The molecule has 0 atom stereocenters. The Bertz CT molecular complexity index is 112. The van der Waals surface area contributed by atoms with E-state index in [0.29, 0.717) is 0 Å². The van der Waals surface area contributed by atoms with Gasteiger partial charge in [-0.3, -0.25) is 0 Å². The van der Waals surface area contributed by atoms with Crippen LogP contribution in [-0.4, -0.2) is 5.12 Å². The number of nitrogens with one attached hydrogen (secondary N) is 5. The van der Waals surface area contributed by atoms with Gasteiger partial charge in [0.2, 0.25) is 0 Å². The van der Waals surface area contributed by atoms with Gasteiger partial charge in [0.25, 0.3) is 0 Å². The van der Waals surface area contributed by atoms with E-state index in [1.54, 1.807) is 0 Å². The molecule has 1 radical (unpaired) electrons. The van der Waals surface area contributed by atoms with Crippen LogP contribution in [0.25, 0.3) is 0 Å². The average Bonchev–Trinajstić information content (AvgIpc) is 2.21. The molecule has 0 aromatic carbocycles. The molecule has 2 fully saturated rings. The third-order valence-electron chi connectivity index (χ3n) is 2.21. The third-order valence-corrected chi connectivity index (χ3v) is 2.21. The van der Waals surface area contributed by atoms with E-state index in [1.165, 1.54) is 38.1 Å². The second-order valence-electron chi connectivity index (χ2n) is 3.06. The highest BCUT2D eigenvalue weighted by Gasteiger charge is 2.22. The highest BCUT2D eigenvalue weighted by molar-refractivity contribution is 4.88. The second kappa shape index (κ2) is 4.13. The zero-order valence-corrected chi connectivity index (χ0v) is 6.98. The van der Waals surface area contributed by atoms with E-state index in [2.05, 4.69) is 27.7 Å². The van der Waals surface area contributed by atoms with E-state index in [-0.39, 0.29) is 0 Å². The molecular formula is C6H15N6. The molecule has 0 spiro atoms. The molecular weight excluding hydrogens is 156 g/mol. The van der Waals surface area contributed by atoms with Gasteiger partial charge in [0, 0.05) is 0 Å². The molecule has 1 saturated heterocycles. The van der Waals surface area contributed by atoms with Crippen LogP contribution in [0.5, 0.6) is 0 Å². The maximum atomic E-state index is 2.95. The lowest BCUT2D eigenvalue weighted by Gasteiger charge is -2.36. The van der Waals surface area contributed by atoms with Crippen molar-refractivity contribution in [3.05, 3.63) is 6.04 Å². The molecule has 1 aliphatic carbocycles. The Morgan fingerprint density at radius 2 is 1.50 bits per heavy atom. The first-order valence-corrected chi connectivity index (χ1v) is 4.38. The summed E-state index contributed by atoms with van der Waals surface area (Å²) in [4.78, 5) is 0. The van der Waals surface area contributed by atoms with Crippen molar-refractivity contribution >= 4 is 0 Å². The van der Waals surface area contributed by atoms with Crippen LogP contribution in [0.2, 0.25) is 0 Å². The maximum absolute atomic E-state index is 2.95. The smallest absolute Gasteiger partial charge is 0.0750 e. The Kier molecular flexibility index (Phi) is 2.88. The molecule has 0 amide bonds. The third kappa shape index (κ3) is 1.92. The van der Waals surface area contributed by atoms with Gasteiger partial charge in [-0.1, -0.05) is 19.3 Å². The molecule has 5 N–H and O–H groups in total. The lowest BCUT2D eigenvalue weighted by atomic mass is 9.96. The summed E-state index contributed by atoms with van der Waals surface area (Å²) in [6.07, 6.45) is 6.29. The zero-order valence-electron chi connectivity index (χ0n) is 6.98. The van der Waals surface area contributed by atoms with Crippen LogP contribution in [0.15, 0.2) is 0 Å². The van der Waals surface area contributed by atoms with Crippen LogP contribution in [-0.2, 0) is 0 Å². The SMILES string of the molecule is C1CC[C](N2NNNNN2)CC1. The Balaban J connectivity index is 1.80.